The van der Waals surface area contributed by atoms with Crippen molar-refractivity contribution in [2.45, 2.75) is 25.9 Å². The van der Waals surface area contributed by atoms with Crippen LogP contribution in [0.3, 0.4) is 0 Å². The van der Waals surface area contributed by atoms with Gasteiger partial charge in [0.05, 0.1) is 12.3 Å². The SMILES string of the molecule is CC1(C)OCC/C1=N\N. The standard InChI is InChI=1S/C6H12N2O/c1-6(2)5(8-7)3-4-9-6/h3-4,7H2,1-2H3/b8-5+. The van der Waals surface area contributed by atoms with Crippen molar-refractivity contribution in [1.29, 1.82) is 0 Å². The highest BCUT2D eigenvalue weighted by atomic mass is 16.5. The smallest absolute Gasteiger partial charge is 0.102 e. The Morgan fingerprint density at radius 1 is 1.67 bits per heavy atom. The molecule has 1 aliphatic rings. The van der Waals surface area contributed by atoms with Gasteiger partial charge in [0.2, 0.25) is 0 Å². The lowest BCUT2D eigenvalue weighted by molar-refractivity contribution is 0.0680. The van der Waals surface area contributed by atoms with Crippen LogP contribution in [0.2, 0.25) is 0 Å². The molecule has 1 heterocycles. The van der Waals surface area contributed by atoms with Gasteiger partial charge in [-0.2, -0.15) is 5.10 Å². The zero-order chi connectivity index (χ0) is 6.91. The largest absolute Gasteiger partial charge is 0.369 e. The Morgan fingerprint density at radius 2 is 2.33 bits per heavy atom. The Kier molecular flexibility index (Phi) is 1.45. The van der Waals surface area contributed by atoms with Gasteiger partial charge in [0.25, 0.3) is 0 Å². The van der Waals surface area contributed by atoms with E-state index in [9.17, 15) is 0 Å². The molecule has 1 fully saturated rings. The minimum absolute atomic E-state index is 0.214. The van der Waals surface area contributed by atoms with E-state index < -0.39 is 0 Å². The summed E-state index contributed by atoms with van der Waals surface area (Å²) >= 11 is 0. The van der Waals surface area contributed by atoms with E-state index in [1.807, 2.05) is 13.8 Å². The molecule has 0 aliphatic carbocycles. The molecule has 0 spiro atoms. The number of rotatable bonds is 0. The minimum atomic E-state index is -0.214. The number of hydrogen-bond acceptors (Lipinski definition) is 3. The molecule has 0 atom stereocenters. The van der Waals surface area contributed by atoms with Crippen molar-refractivity contribution < 1.29 is 4.74 Å². The first kappa shape index (κ1) is 6.55. The quantitative estimate of drug-likeness (QED) is 0.381. The average Bonchev–Trinajstić information content (AvgIpc) is 2.08. The van der Waals surface area contributed by atoms with Gasteiger partial charge in [0.15, 0.2) is 0 Å². The zero-order valence-corrected chi connectivity index (χ0v) is 5.85. The maximum Gasteiger partial charge on any atom is 0.102 e. The number of nitrogens with zero attached hydrogens (tertiary/aromatic N) is 1. The summed E-state index contributed by atoms with van der Waals surface area (Å²) in [5.74, 6) is 5.12. The van der Waals surface area contributed by atoms with Crippen LogP contribution in [0.1, 0.15) is 20.3 Å². The monoisotopic (exact) mass is 128 g/mol. The second-order valence-corrected chi connectivity index (χ2v) is 2.68. The third kappa shape index (κ3) is 1.05. The fraction of sp³-hybridized carbons (Fsp3) is 0.833. The zero-order valence-electron chi connectivity index (χ0n) is 5.85. The Bertz CT molecular complexity index is 140. The molecule has 0 saturated carbocycles. The van der Waals surface area contributed by atoms with Gasteiger partial charge >= 0.3 is 0 Å². The van der Waals surface area contributed by atoms with Crippen LogP contribution >= 0.6 is 0 Å². The van der Waals surface area contributed by atoms with Crippen LogP contribution in [-0.2, 0) is 4.74 Å². The maximum absolute atomic E-state index is 5.33. The summed E-state index contributed by atoms with van der Waals surface area (Å²) in [5.41, 5.74) is 0.747. The molecule has 0 aromatic carbocycles. The van der Waals surface area contributed by atoms with E-state index in [0.29, 0.717) is 0 Å². The normalized spacial score (nSPS) is 29.3. The van der Waals surface area contributed by atoms with Crippen LogP contribution in [0.25, 0.3) is 0 Å². The van der Waals surface area contributed by atoms with Crippen LogP contribution in [0.4, 0.5) is 0 Å². The van der Waals surface area contributed by atoms with Crippen LogP contribution in [0.15, 0.2) is 5.10 Å². The highest BCUT2D eigenvalue weighted by Gasteiger charge is 2.31. The second kappa shape index (κ2) is 1.99. The predicted molar refractivity (Wildman–Crippen MR) is 36.3 cm³/mol. The Morgan fingerprint density at radius 3 is 2.56 bits per heavy atom. The van der Waals surface area contributed by atoms with Gasteiger partial charge in [-0.3, -0.25) is 0 Å². The van der Waals surface area contributed by atoms with Crippen molar-refractivity contribution in [2.24, 2.45) is 10.9 Å². The van der Waals surface area contributed by atoms with Crippen molar-refractivity contribution in [2.75, 3.05) is 6.61 Å². The summed E-state index contributed by atoms with van der Waals surface area (Å²) in [7, 11) is 0. The number of ether oxygens (including phenoxy) is 1. The van der Waals surface area contributed by atoms with Gasteiger partial charge in [-0.1, -0.05) is 0 Å². The molecule has 1 rings (SSSR count). The molecule has 1 aliphatic heterocycles. The van der Waals surface area contributed by atoms with Gasteiger partial charge in [0, 0.05) is 6.42 Å². The molecule has 1 saturated heterocycles. The Balaban J connectivity index is 2.75. The molecule has 0 aromatic heterocycles. The summed E-state index contributed by atoms with van der Waals surface area (Å²) < 4.78 is 5.33. The molecule has 0 amide bonds. The van der Waals surface area contributed by atoms with Gasteiger partial charge in [0.1, 0.15) is 5.60 Å². The molecule has 9 heavy (non-hydrogen) atoms. The first-order valence-corrected chi connectivity index (χ1v) is 3.08. The van der Waals surface area contributed by atoms with Crippen molar-refractivity contribution in [3.8, 4) is 0 Å². The van der Waals surface area contributed by atoms with Gasteiger partial charge in [-0.25, -0.2) is 0 Å². The third-order valence-electron chi connectivity index (χ3n) is 1.65. The lowest BCUT2D eigenvalue weighted by Gasteiger charge is -2.16. The number of nitrogens with two attached hydrogens (primary N) is 1. The Hall–Kier alpha value is -0.570. The number of hydrogen-bond donors (Lipinski definition) is 1. The summed E-state index contributed by atoms with van der Waals surface area (Å²) in [4.78, 5) is 0. The van der Waals surface area contributed by atoms with Crippen molar-refractivity contribution in [1.82, 2.24) is 0 Å². The van der Waals surface area contributed by atoms with E-state index in [1.165, 1.54) is 0 Å². The predicted octanol–water partition coefficient (Wildman–Crippen LogP) is 0.500. The van der Waals surface area contributed by atoms with Gasteiger partial charge in [-0.05, 0) is 13.8 Å². The average molecular weight is 128 g/mol. The fourth-order valence-corrected chi connectivity index (χ4v) is 1.01. The second-order valence-electron chi connectivity index (χ2n) is 2.68. The van der Waals surface area contributed by atoms with E-state index in [4.69, 9.17) is 10.6 Å². The van der Waals surface area contributed by atoms with Crippen molar-refractivity contribution in [3.63, 3.8) is 0 Å². The molecule has 2 N–H and O–H groups in total. The molecular weight excluding hydrogens is 116 g/mol. The summed E-state index contributed by atoms with van der Waals surface area (Å²) in [6, 6.07) is 0. The number of hydrazone groups is 1. The molecule has 3 nitrogen and oxygen atoms in total. The molecule has 0 bridgehead atoms. The van der Waals surface area contributed by atoms with Gasteiger partial charge < -0.3 is 10.6 Å². The Labute approximate surface area is 54.9 Å². The maximum atomic E-state index is 5.33. The summed E-state index contributed by atoms with van der Waals surface area (Å²) in [6.45, 7) is 4.71. The van der Waals surface area contributed by atoms with E-state index in [2.05, 4.69) is 5.10 Å². The van der Waals surface area contributed by atoms with Gasteiger partial charge in [-0.15, -0.1) is 0 Å². The third-order valence-corrected chi connectivity index (χ3v) is 1.65. The fourth-order valence-electron chi connectivity index (χ4n) is 1.01. The lowest BCUT2D eigenvalue weighted by atomic mass is 10.0. The summed E-state index contributed by atoms with van der Waals surface area (Å²) in [5, 5.41) is 3.63. The van der Waals surface area contributed by atoms with Crippen LogP contribution in [0.5, 0.6) is 0 Å². The topological polar surface area (TPSA) is 47.6 Å². The first-order chi connectivity index (χ1) is 4.17. The molecule has 0 radical (unpaired) electrons. The highest BCUT2D eigenvalue weighted by Crippen LogP contribution is 2.20. The van der Waals surface area contributed by atoms with Crippen molar-refractivity contribution >= 4 is 5.71 Å². The molecular formula is C6H12N2O. The first-order valence-electron chi connectivity index (χ1n) is 3.08. The lowest BCUT2D eigenvalue weighted by Crippen LogP contribution is -2.28. The minimum Gasteiger partial charge on any atom is -0.369 e. The molecule has 3 heteroatoms. The van der Waals surface area contributed by atoms with E-state index in [-0.39, 0.29) is 5.60 Å². The van der Waals surface area contributed by atoms with Crippen LogP contribution < -0.4 is 5.84 Å². The molecule has 0 unspecified atom stereocenters. The molecule has 52 valence electrons. The van der Waals surface area contributed by atoms with Crippen LogP contribution in [0, 0.1) is 0 Å². The van der Waals surface area contributed by atoms with E-state index >= 15 is 0 Å². The highest BCUT2D eigenvalue weighted by molar-refractivity contribution is 5.93. The van der Waals surface area contributed by atoms with Crippen LogP contribution in [-0.4, -0.2) is 17.9 Å². The van der Waals surface area contributed by atoms with E-state index in [1.54, 1.807) is 0 Å². The van der Waals surface area contributed by atoms with Crippen molar-refractivity contribution in [3.05, 3.63) is 0 Å². The van der Waals surface area contributed by atoms with E-state index in [0.717, 1.165) is 18.7 Å². The summed E-state index contributed by atoms with van der Waals surface area (Å²) in [6.07, 6.45) is 0.878. The molecule has 0 aromatic rings.